The molecule has 0 N–H and O–H groups in total. The van der Waals surface area contributed by atoms with Crippen LogP contribution in [0.15, 0.2) is 206 Å². The maximum Gasteiger partial charge on any atom is 0.160 e. The molecule has 9 aromatic carbocycles. The first-order chi connectivity index (χ1) is 28.2. The smallest absolute Gasteiger partial charge is 0.160 e. The van der Waals surface area contributed by atoms with E-state index >= 15 is 0 Å². The molecule has 0 spiro atoms. The van der Waals surface area contributed by atoms with Gasteiger partial charge in [-0.25, -0.2) is 9.97 Å². The second-order valence-electron chi connectivity index (χ2n) is 14.6. The van der Waals surface area contributed by atoms with Crippen molar-refractivity contribution in [2.45, 2.75) is 0 Å². The van der Waals surface area contributed by atoms with Crippen molar-refractivity contribution in [1.29, 1.82) is 0 Å². The molecule has 0 fully saturated rings. The van der Waals surface area contributed by atoms with Crippen molar-refractivity contribution in [3.63, 3.8) is 0 Å². The zero-order chi connectivity index (χ0) is 37.7. The third-order valence-electron chi connectivity index (χ3n) is 11.0. The van der Waals surface area contributed by atoms with Crippen LogP contribution in [0.5, 0.6) is 0 Å². The average Bonchev–Trinajstić information content (AvgIpc) is 3.68. The van der Waals surface area contributed by atoms with Crippen molar-refractivity contribution in [1.82, 2.24) is 9.97 Å². The molecular formula is C54H34N2S. The molecule has 57 heavy (non-hydrogen) atoms. The van der Waals surface area contributed by atoms with Gasteiger partial charge in [-0.1, -0.05) is 158 Å². The van der Waals surface area contributed by atoms with Crippen LogP contribution < -0.4 is 0 Å². The van der Waals surface area contributed by atoms with Crippen molar-refractivity contribution in [3.05, 3.63) is 206 Å². The fourth-order valence-corrected chi connectivity index (χ4v) is 9.35. The Labute approximate surface area is 335 Å². The summed E-state index contributed by atoms with van der Waals surface area (Å²) < 4.78 is 2.59. The van der Waals surface area contributed by atoms with E-state index in [1.807, 2.05) is 17.4 Å². The van der Waals surface area contributed by atoms with Gasteiger partial charge in [0.2, 0.25) is 0 Å². The molecule has 0 saturated carbocycles. The van der Waals surface area contributed by atoms with Crippen molar-refractivity contribution in [3.8, 4) is 67.3 Å². The zero-order valence-corrected chi connectivity index (χ0v) is 31.7. The standard InChI is InChI=1S/C54H34N2S/c1-3-12-35(13-4-1)39-24-25-41-30-43(27-26-40(41)29-39)50-34-51(56-54(55-50)37-15-5-2-6-16-37)46-32-44(42-23-22-36-14-7-8-17-38(36)28-42)31-45(33-46)47-19-11-20-49-48-18-9-10-21-52(48)57-53(47)49/h1-34H. The van der Waals surface area contributed by atoms with Crippen molar-refractivity contribution in [2.24, 2.45) is 0 Å². The highest BCUT2D eigenvalue weighted by Crippen LogP contribution is 2.42. The van der Waals surface area contributed by atoms with E-state index in [0.717, 1.165) is 39.2 Å². The Balaban J connectivity index is 1.11. The minimum absolute atomic E-state index is 0.701. The van der Waals surface area contributed by atoms with Crippen molar-refractivity contribution >= 4 is 53.1 Å². The number of hydrogen-bond donors (Lipinski definition) is 0. The van der Waals surface area contributed by atoms with E-state index in [-0.39, 0.29) is 0 Å². The summed E-state index contributed by atoms with van der Waals surface area (Å²) in [6, 6.07) is 74.1. The maximum atomic E-state index is 5.31. The van der Waals surface area contributed by atoms with Crippen LogP contribution in [0.4, 0.5) is 0 Å². The lowest BCUT2D eigenvalue weighted by Gasteiger charge is -2.14. The lowest BCUT2D eigenvalue weighted by molar-refractivity contribution is 1.18. The molecule has 0 aliphatic heterocycles. The fraction of sp³-hybridized carbons (Fsp3) is 0. The molecule has 11 aromatic rings. The quantitative estimate of drug-likeness (QED) is 0.170. The molecule has 11 rings (SSSR count). The van der Waals surface area contributed by atoms with Gasteiger partial charge in [0.1, 0.15) is 0 Å². The molecule has 0 amide bonds. The van der Waals surface area contributed by atoms with Gasteiger partial charge < -0.3 is 0 Å². The first-order valence-electron chi connectivity index (χ1n) is 19.3. The lowest BCUT2D eigenvalue weighted by atomic mass is 9.93. The summed E-state index contributed by atoms with van der Waals surface area (Å²) in [6.07, 6.45) is 0. The third kappa shape index (κ3) is 6.15. The summed E-state index contributed by atoms with van der Waals surface area (Å²) in [4.78, 5) is 10.5. The summed E-state index contributed by atoms with van der Waals surface area (Å²) in [5.74, 6) is 0.701. The van der Waals surface area contributed by atoms with Gasteiger partial charge >= 0.3 is 0 Å². The molecule has 266 valence electrons. The van der Waals surface area contributed by atoms with Crippen molar-refractivity contribution in [2.75, 3.05) is 0 Å². The normalized spacial score (nSPS) is 11.5. The van der Waals surface area contributed by atoms with E-state index in [9.17, 15) is 0 Å². The molecule has 3 heteroatoms. The molecule has 2 heterocycles. The average molecular weight is 743 g/mol. The number of thiophene rings is 1. The third-order valence-corrected chi connectivity index (χ3v) is 12.2. The van der Waals surface area contributed by atoms with Gasteiger partial charge in [-0.05, 0) is 103 Å². The number of hydrogen-bond acceptors (Lipinski definition) is 3. The first-order valence-corrected chi connectivity index (χ1v) is 20.1. The summed E-state index contributed by atoms with van der Waals surface area (Å²) in [7, 11) is 0. The largest absolute Gasteiger partial charge is 0.228 e. The number of aromatic nitrogens is 2. The van der Waals surface area contributed by atoms with E-state index in [0.29, 0.717) is 5.82 Å². The predicted octanol–water partition coefficient (Wildman–Crippen LogP) is 15.2. The molecule has 0 aliphatic rings. The Hall–Kier alpha value is -7.20. The van der Waals surface area contributed by atoms with Gasteiger partial charge in [0.15, 0.2) is 5.82 Å². The van der Waals surface area contributed by atoms with Crippen LogP contribution in [-0.2, 0) is 0 Å². The Morgan fingerprint density at radius 2 is 0.842 bits per heavy atom. The minimum Gasteiger partial charge on any atom is -0.228 e. The van der Waals surface area contributed by atoms with Gasteiger partial charge in [0.25, 0.3) is 0 Å². The number of nitrogens with zero attached hydrogens (tertiary/aromatic N) is 2. The molecule has 0 bridgehead atoms. The highest BCUT2D eigenvalue weighted by Gasteiger charge is 2.17. The van der Waals surface area contributed by atoms with Crippen LogP contribution in [0, 0.1) is 0 Å². The monoisotopic (exact) mass is 742 g/mol. The van der Waals surface area contributed by atoms with Gasteiger partial charge in [0, 0.05) is 36.9 Å². The Morgan fingerprint density at radius 1 is 0.298 bits per heavy atom. The van der Waals surface area contributed by atoms with E-state index in [1.54, 1.807) is 0 Å². The lowest BCUT2D eigenvalue weighted by Crippen LogP contribution is -1.96. The summed E-state index contributed by atoms with van der Waals surface area (Å²) in [6.45, 7) is 0. The highest BCUT2D eigenvalue weighted by molar-refractivity contribution is 7.26. The molecule has 0 unspecified atom stereocenters. The fourth-order valence-electron chi connectivity index (χ4n) is 8.12. The molecule has 2 nitrogen and oxygen atoms in total. The molecular weight excluding hydrogens is 709 g/mol. The number of benzene rings is 9. The van der Waals surface area contributed by atoms with Crippen LogP contribution in [0.1, 0.15) is 0 Å². The van der Waals surface area contributed by atoms with E-state index < -0.39 is 0 Å². The van der Waals surface area contributed by atoms with E-state index in [2.05, 4.69) is 200 Å². The molecule has 0 aliphatic carbocycles. The Bertz CT molecular complexity index is 3290. The maximum absolute atomic E-state index is 5.31. The van der Waals surface area contributed by atoms with E-state index in [4.69, 9.17) is 9.97 Å². The molecule has 0 radical (unpaired) electrons. The summed E-state index contributed by atoms with van der Waals surface area (Å²) in [5.41, 5.74) is 12.0. The SMILES string of the molecule is c1ccc(-c2ccc3cc(-c4cc(-c5cc(-c6ccc7ccccc7c6)cc(-c6cccc7c6sc6ccccc67)c5)nc(-c5ccccc5)n4)ccc3c2)cc1. The molecule has 0 saturated heterocycles. The van der Waals surface area contributed by atoms with Gasteiger partial charge in [-0.3, -0.25) is 0 Å². The van der Waals surface area contributed by atoms with Crippen molar-refractivity contribution < 1.29 is 0 Å². The van der Waals surface area contributed by atoms with Gasteiger partial charge in [0.05, 0.1) is 11.4 Å². The first kappa shape index (κ1) is 33.2. The topological polar surface area (TPSA) is 25.8 Å². The van der Waals surface area contributed by atoms with E-state index in [1.165, 1.54) is 64.0 Å². The van der Waals surface area contributed by atoms with Gasteiger partial charge in [-0.2, -0.15) is 0 Å². The molecule has 0 atom stereocenters. The number of rotatable bonds is 6. The Kier molecular flexibility index (Phi) is 8.04. The summed E-state index contributed by atoms with van der Waals surface area (Å²) >= 11 is 1.86. The van der Waals surface area contributed by atoms with Crippen LogP contribution in [0.25, 0.3) is 109 Å². The zero-order valence-electron chi connectivity index (χ0n) is 30.9. The van der Waals surface area contributed by atoms with Crippen LogP contribution in [-0.4, -0.2) is 9.97 Å². The summed E-state index contributed by atoms with van der Waals surface area (Å²) in [5, 5.41) is 7.40. The predicted molar refractivity (Wildman–Crippen MR) is 243 cm³/mol. The van der Waals surface area contributed by atoms with Gasteiger partial charge in [-0.15, -0.1) is 11.3 Å². The minimum atomic E-state index is 0.701. The Morgan fingerprint density at radius 3 is 1.63 bits per heavy atom. The second-order valence-corrected chi connectivity index (χ2v) is 15.7. The second kappa shape index (κ2) is 13.8. The number of fused-ring (bicyclic) bond motifs is 5. The molecule has 2 aromatic heterocycles. The van der Waals surface area contributed by atoms with Crippen LogP contribution in [0.2, 0.25) is 0 Å². The van der Waals surface area contributed by atoms with Crippen LogP contribution in [0.3, 0.4) is 0 Å². The van der Waals surface area contributed by atoms with Crippen LogP contribution >= 0.6 is 11.3 Å². The highest BCUT2D eigenvalue weighted by atomic mass is 32.1.